The molecule has 5 nitrogen and oxygen atoms in total. The van der Waals surface area contributed by atoms with Gasteiger partial charge >= 0.3 is 5.97 Å². The van der Waals surface area contributed by atoms with Crippen molar-refractivity contribution in [1.29, 1.82) is 0 Å². The van der Waals surface area contributed by atoms with Gasteiger partial charge in [-0.1, -0.05) is 52.0 Å². The summed E-state index contributed by atoms with van der Waals surface area (Å²) in [6.45, 7) is 9.70. The highest BCUT2D eigenvalue weighted by Gasteiger charge is 2.14. The van der Waals surface area contributed by atoms with E-state index in [0.717, 1.165) is 12.8 Å². The summed E-state index contributed by atoms with van der Waals surface area (Å²) in [5, 5.41) is 11.7. The Balaban J connectivity index is 0.00000576. The van der Waals surface area contributed by atoms with E-state index in [9.17, 15) is 9.59 Å². The van der Waals surface area contributed by atoms with E-state index in [0.29, 0.717) is 13.1 Å². The SMILES string of the molecule is CCCN(CC(=O)O)CC(=O)NCCc1ccc(C(C)(C)C)cc1.Cl. The Bertz CT molecular complexity index is 539. The van der Waals surface area contributed by atoms with Crippen molar-refractivity contribution in [2.75, 3.05) is 26.2 Å². The molecular formula is C19H31ClN2O3. The van der Waals surface area contributed by atoms with Gasteiger partial charge in [0.1, 0.15) is 0 Å². The number of rotatable bonds is 9. The Morgan fingerprint density at radius 2 is 1.72 bits per heavy atom. The van der Waals surface area contributed by atoms with Crippen LogP contribution >= 0.6 is 12.4 Å². The molecule has 0 heterocycles. The van der Waals surface area contributed by atoms with Crippen LogP contribution < -0.4 is 5.32 Å². The van der Waals surface area contributed by atoms with Gasteiger partial charge in [0.15, 0.2) is 0 Å². The highest BCUT2D eigenvalue weighted by molar-refractivity contribution is 5.85. The van der Waals surface area contributed by atoms with Gasteiger partial charge in [-0.3, -0.25) is 14.5 Å². The molecule has 2 N–H and O–H groups in total. The third-order valence-corrected chi connectivity index (χ3v) is 3.82. The molecule has 1 amide bonds. The minimum Gasteiger partial charge on any atom is -0.480 e. The molecule has 142 valence electrons. The molecule has 0 radical (unpaired) electrons. The number of carboxylic acid groups (broad SMARTS) is 1. The smallest absolute Gasteiger partial charge is 0.317 e. The van der Waals surface area contributed by atoms with Crippen molar-refractivity contribution >= 4 is 24.3 Å². The topological polar surface area (TPSA) is 69.6 Å². The highest BCUT2D eigenvalue weighted by atomic mass is 35.5. The Hall–Kier alpha value is -1.59. The molecule has 0 aliphatic carbocycles. The molecule has 0 bridgehead atoms. The minimum absolute atomic E-state index is 0. The van der Waals surface area contributed by atoms with Crippen molar-refractivity contribution in [1.82, 2.24) is 10.2 Å². The molecule has 6 heteroatoms. The van der Waals surface area contributed by atoms with Crippen molar-refractivity contribution in [3.05, 3.63) is 35.4 Å². The van der Waals surface area contributed by atoms with Crippen LogP contribution in [0.25, 0.3) is 0 Å². The molecule has 1 aromatic carbocycles. The summed E-state index contributed by atoms with van der Waals surface area (Å²) in [5.74, 6) is -1.04. The molecule has 0 atom stereocenters. The summed E-state index contributed by atoms with van der Waals surface area (Å²) >= 11 is 0. The second kappa shape index (κ2) is 11.1. The van der Waals surface area contributed by atoms with E-state index in [-0.39, 0.29) is 36.8 Å². The minimum atomic E-state index is -0.907. The molecule has 1 rings (SSSR count). The fourth-order valence-electron chi connectivity index (χ4n) is 2.50. The van der Waals surface area contributed by atoms with Gasteiger partial charge in [-0.25, -0.2) is 0 Å². The predicted octanol–water partition coefficient (Wildman–Crippen LogP) is 2.86. The number of nitrogens with zero attached hydrogens (tertiary/aromatic N) is 1. The third-order valence-electron chi connectivity index (χ3n) is 3.82. The van der Waals surface area contributed by atoms with Crippen molar-refractivity contribution in [2.24, 2.45) is 0 Å². The van der Waals surface area contributed by atoms with E-state index in [2.05, 4.69) is 50.4 Å². The number of halogens is 1. The van der Waals surface area contributed by atoms with Gasteiger partial charge in [-0.05, 0) is 35.9 Å². The molecule has 25 heavy (non-hydrogen) atoms. The van der Waals surface area contributed by atoms with E-state index in [1.54, 1.807) is 4.90 Å². The first kappa shape index (κ1) is 23.4. The number of nitrogens with one attached hydrogen (secondary N) is 1. The third kappa shape index (κ3) is 9.46. The Labute approximate surface area is 157 Å². The normalized spacial score (nSPS) is 11.1. The molecular weight excluding hydrogens is 340 g/mol. The fraction of sp³-hybridized carbons (Fsp3) is 0.579. The first-order chi connectivity index (χ1) is 11.2. The number of benzene rings is 1. The summed E-state index contributed by atoms with van der Waals surface area (Å²) in [5.41, 5.74) is 2.61. The van der Waals surface area contributed by atoms with Gasteiger partial charge in [0, 0.05) is 6.54 Å². The summed E-state index contributed by atoms with van der Waals surface area (Å²) in [6.07, 6.45) is 1.59. The lowest BCUT2D eigenvalue weighted by Gasteiger charge is -2.19. The van der Waals surface area contributed by atoms with Crippen LogP contribution in [-0.2, 0) is 21.4 Å². The second-order valence-corrected chi connectivity index (χ2v) is 7.15. The molecule has 0 aromatic heterocycles. The zero-order valence-electron chi connectivity index (χ0n) is 15.7. The molecule has 1 aromatic rings. The van der Waals surface area contributed by atoms with Gasteiger partial charge in [0.05, 0.1) is 13.1 Å². The maximum atomic E-state index is 11.9. The van der Waals surface area contributed by atoms with E-state index < -0.39 is 5.97 Å². The molecule has 0 spiro atoms. The highest BCUT2D eigenvalue weighted by Crippen LogP contribution is 2.22. The zero-order valence-corrected chi connectivity index (χ0v) is 16.5. The molecule has 0 aliphatic rings. The average molecular weight is 371 g/mol. The van der Waals surface area contributed by atoms with Crippen LogP contribution in [0.5, 0.6) is 0 Å². The van der Waals surface area contributed by atoms with E-state index in [1.165, 1.54) is 11.1 Å². The van der Waals surface area contributed by atoms with Crippen molar-refractivity contribution in [2.45, 2.75) is 46.0 Å². The Kier molecular flexibility index (Phi) is 10.4. The molecule has 0 unspecified atom stereocenters. The number of amides is 1. The standard InChI is InChI=1S/C19H30N2O3.ClH/c1-5-12-21(14-18(23)24)13-17(22)20-11-10-15-6-8-16(9-7-15)19(2,3)4;/h6-9H,5,10-14H2,1-4H3,(H,20,22)(H,23,24);1H. The van der Waals surface area contributed by atoms with Gasteiger partial charge < -0.3 is 10.4 Å². The van der Waals surface area contributed by atoms with Crippen LogP contribution in [0.4, 0.5) is 0 Å². The Morgan fingerprint density at radius 3 is 2.20 bits per heavy atom. The number of aliphatic carboxylic acids is 1. The van der Waals surface area contributed by atoms with Gasteiger partial charge in [-0.2, -0.15) is 0 Å². The largest absolute Gasteiger partial charge is 0.480 e. The lowest BCUT2D eigenvalue weighted by molar-refractivity contribution is -0.138. The fourth-order valence-corrected chi connectivity index (χ4v) is 2.50. The van der Waals surface area contributed by atoms with Gasteiger partial charge in [-0.15, -0.1) is 12.4 Å². The Morgan fingerprint density at radius 1 is 1.12 bits per heavy atom. The van der Waals surface area contributed by atoms with Crippen molar-refractivity contribution < 1.29 is 14.7 Å². The van der Waals surface area contributed by atoms with E-state index in [1.807, 2.05) is 6.92 Å². The number of hydrogen-bond donors (Lipinski definition) is 2. The second-order valence-electron chi connectivity index (χ2n) is 7.15. The van der Waals surface area contributed by atoms with Crippen LogP contribution in [0.3, 0.4) is 0 Å². The average Bonchev–Trinajstić information content (AvgIpc) is 2.46. The quantitative estimate of drug-likeness (QED) is 0.701. The van der Waals surface area contributed by atoms with E-state index in [4.69, 9.17) is 5.11 Å². The van der Waals surface area contributed by atoms with E-state index >= 15 is 0 Å². The number of carboxylic acids is 1. The number of hydrogen-bond acceptors (Lipinski definition) is 3. The molecule has 0 aliphatic heterocycles. The zero-order chi connectivity index (χ0) is 18.2. The summed E-state index contributed by atoms with van der Waals surface area (Å²) in [4.78, 5) is 24.4. The predicted molar refractivity (Wildman–Crippen MR) is 103 cm³/mol. The van der Waals surface area contributed by atoms with Gasteiger partial charge in [0.25, 0.3) is 0 Å². The summed E-state index contributed by atoms with van der Waals surface area (Å²) in [6, 6.07) is 8.46. The van der Waals surface area contributed by atoms with Crippen LogP contribution in [0.15, 0.2) is 24.3 Å². The van der Waals surface area contributed by atoms with Gasteiger partial charge in [0.2, 0.25) is 5.91 Å². The lowest BCUT2D eigenvalue weighted by atomic mass is 9.86. The number of carbonyl (C=O) groups excluding carboxylic acids is 1. The van der Waals surface area contributed by atoms with Crippen LogP contribution in [-0.4, -0.2) is 48.1 Å². The first-order valence-corrected chi connectivity index (χ1v) is 8.52. The summed E-state index contributed by atoms with van der Waals surface area (Å²) in [7, 11) is 0. The monoisotopic (exact) mass is 370 g/mol. The van der Waals surface area contributed by atoms with Crippen molar-refractivity contribution in [3.63, 3.8) is 0 Å². The lowest BCUT2D eigenvalue weighted by Crippen LogP contribution is -2.40. The van der Waals surface area contributed by atoms with Crippen LogP contribution in [0, 0.1) is 0 Å². The van der Waals surface area contributed by atoms with Crippen molar-refractivity contribution in [3.8, 4) is 0 Å². The maximum Gasteiger partial charge on any atom is 0.317 e. The molecule has 0 saturated heterocycles. The van der Waals surface area contributed by atoms with Crippen LogP contribution in [0.2, 0.25) is 0 Å². The molecule has 0 fully saturated rings. The maximum absolute atomic E-state index is 11.9. The summed E-state index contributed by atoms with van der Waals surface area (Å²) < 4.78 is 0. The van der Waals surface area contributed by atoms with Crippen LogP contribution in [0.1, 0.15) is 45.2 Å². The first-order valence-electron chi connectivity index (χ1n) is 8.52. The molecule has 0 saturated carbocycles. The number of carbonyl (C=O) groups is 2.